The van der Waals surface area contributed by atoms with E-state index in [1.165, 1.54) is 12.1 Å². The predicted octanol–water partition coefficient (Wildman–Crippen LogP) is 6.66. The van der Waals surface area contributed by atoms with Crippen LogP contribution in [0.3, 0.4) is 0 Å². The number of benzene rings is 2. The standard InChI is InChI=1S/C25H27F6NO3/c26-24(27,28)18-3-5-19(6-4-18)35-21-8-2-17-13-15(1-7-20(17)22(21)25(29,30)31)14-32-11-9-16(10-12-32)23(33)34/h1-2,7-8,13,16,18-19H,3-6,9-12,14H2,(H,33,34)/t18-,19+. The maximum atomic E-state index is 14.0. The van der Waals surface area contributed by atoms with Crippen molar-refractivity contribution in [2.45, 2.75) is 63.5 Å². The number of alkyl halides is 6. The van der Waals surface area contributed by atoms with Crippen molar-refractivity contribution in [3.8, 4) is 5.75 Å². The molecule has 4 nitrogen and oxygen atoms in total. The first-order valence-electron chi connectivity index (χ1n) is 11.7. The highest BCUT2D eigenvalue weighted by atomic mass is 19.4. The Hall–Kier alpha value is -2.49. The van der Waals surface area contributed by atoms with Crippen LogP contribution in [0.15, 0.2) is 30.3 Å². The number of piperidine rings is 1. The molecule has 1 aliphatic heterocycles. The molecule has 4 rings (SSSR count). The summed E-state index contributed by atoms with van der Waals surface area (Å²) in [4.78, 5) is 13.2. The highest BCUT2D eigenvalue weighted by molar-refractivity contribution is 5.89. The third kappa shape index (κ3) is 6.02. The van der Waals surface area contributed by atoms with Gasteiger partial charge >= 0.3 is 18.3 Å². The molecule has 35 heavy (non-hydrogen) atoms. The van der Waals surface area contributed by atoms with Crippen molar-refractivity contribution in [1.82, 2.24) is 4.90 Å². The first-order valence-corrected chi connectivity index (χ1v) is 11.7. The number of carbonyl (C=O) groups is 1. The lowest BCUT2D eigenvalue weighted by Gasteiger charge is -2.31. The SMILES string of the molecule is O=C(O)C1CCN(Cc2ccc3c(C(F)(F)F)c(O[C@H]4CC[C@@H](C(F)(F)F)CC4)ccc3c2)CC1. The van der Waals surface area contributed by atoms with Gasteiger partial charge in [0, 0.05) is 6.54 Å². The summed E-state index contributed by atoms with van der Waals surface area (Å²) in [5.41, 5.74) is -0.0969. The minimum atomic E-state index is -4.70. The number of halogens is 6. The average molecular weight is 503 g/mol. The van der Waals surface area contributed by atoms with Crippen molar-refractivity contribution in [1.29, 1.82) is 0 Å². The Bertz CT molecular complexity index is 1050. The number of ether oxygens (including phenoxy) is 1. The second-order valence-corrected chi connectivity index (χ2v) is 9.51. The van der Waals surface area contributed by atoms with Crippen LogP contribution in [0.2, 0.25) is 0 Å². The van der Waals surface area contributed by atoms with E-state index in [4.69, 9.17) is 9.84 Å². The number of carboxylic acids is 1. The number of likely N-dealkylation sites (tertiary alicyclic amines) is 1. The van der Waals surface area contributed by atoms with E-state index < -0.39 is 35.9 Å². The second-order valence-electron chi connectivity index (χ2n) is 9.51. The molecule has 192 valence electrons. The molecule has 0 amide bonds. The molecule has 2 aliphatic rings. The van der Waals surface area contributed by atoms with E-state index in [0.717, 1.165) is 5.56 Å². The summed E-state index contributed by atoms with van der Waals surface area (Å²) in [6.07, 6.45) is -8.83. The Kier molecular flexibility index (Phi) is 7.22. The van der Waals surface area contributed by atoms with Crippen molar-refractivity contribution in [3.05, 3.63) is 41.5 Å². The molecule has 0 spiro atoms. The van der Waals surface area contributed by atoms with Crippen molar-refractivity contribution in [2.75, 3.05) is 13.1 Å². The topological polar surface area (TPSA) is 49.8 Å². The smallest absolute Gasteiger partial charge is 0.420 e. The Labute approximate surface area is 198 Å². The van der Waals surface area contributed by atoms with Gasteiger partial charge in [-0.3, -0.25) is 9.69 Å². The van der Waals surface area contributed by atoms with Gasteiger partial charge < -0.3 is 9.84 Å². The van der Waals surface area contributed by atoms with E-state index in [9.17, 15) is 31.1 Å². The number of fused-ring (bicyclic) bond motifs is 1. The van der Waals surface area contributed by atoms with Crippen LogP contribution in [-0.2, 0) is 17.5 Å². The van der Waals surface area contributed by atoms with Crippen LogP contribution < -0.4 is 4.74 Å². The molecule has 2 aromatic rings. The normalized spacial score (nSPS) is 22.9. The second kappa shape index (κ2) is 9.87. The minimum Gasteiger partial charge on any atom is -0.490 e. The Morgan fingerprint density at radius 1 is 0.943 bits per heavy atom. The zero-order valence-electron chi connectivity index (χ0n) is 19.0. The molecule has 2 fully saturated rings. The van der Waals surface area contributed by atoms with Gasteiger partial charge in [0.2, 0.25) is 0 Å². The number of nitrogens with zero attached hydrogens (tertiary/aromatic N) is 1. The van der Waals surface area contributed by atoms with Gasteiger partial charge in [-0.2, -0.15) is 26.3 Å². The Morgan fingerprint density at radius 3 is 2.17 bits per heavy atom. The van der Waals surface area contributed by atoms with Crippen molar-refractivity contribution < 1.29 is 41.0 Å². The highest BCUT2D eigenvalue weighted by Crippen LogP contribution is 2.44. The van der Waals surface area contributed by atoms with Crippen LogP contribution in [0.5, 0.6) is 5.75 Å². The number of rotatable bonds is 5. The maximum absolute atomic E-state index is 14.0. The van der Waals surface area contributed by atoms with Gasteiger partial charge in [0.25, 0.3) is 0 Å². The predicted molar refractivity (Wildman–Crippen MR) is 117 cm³/mol. The molecular weight excluding hydrogens is 476 g/mol. The van der Waals surface area contributed by atoms with E-state index >= 15 is 0 Å². The number of hydrogen-bond donors (Lipinski definition) is 1. The van der Waals surface area contributed by atoms with Crippen molar-refractivity contribution in [3.63, 3.8) is 0 Å². The average Bonchev–Trinajstić information content (AvgIpc) is 2.78. The molecule has 1 N–H and O–H groups in total. The van der Waals surface area contributed by atoms with E-state index in [2.05, 4.69) is 4.90 Å². The van der Waals surface area contributed by atoms with Crippen molar-refractivity contribution >= 4 is 16.7 Å². The molecule has 1 saturated heterocycles. The van der Waals surface area contributed by atoms with Crippen LogP contribution in [-0.4, -0.2) is 41.3 Å². The molecule has 0 unspecified atom stereocenters. The summed E-state index contributed by atoms with van der Waals surface area (Å²) in [6, 6.07) is 7.51. The molecule has 0 radical (unpaired) electrons. The van der Waals surface area contributed by atoms with Gasteiger partial charge in [-0.1, -0.05) is 18.2 Å². The van der Waals surface area contributed by atoms with Gasteiger partial charge in [-0.05, 0) is 80.1 Å². The van der Waals surface area contributed by atoms with E-state index in [-0.39, 0.29) is 42.7 Å². The number of hydrogen-bond acceptors (Lipinski definition) is 3. The fourth-order valence-corrected chi connectivity index (χ4v) is 5.13. The summed E-state index contributed by atoms with van der Waals surface area (Å²) >= 11 is 0. The van der Waals surface area contributed by atoms with Crippen LogP contribution in [0.1, 0.15) is 49.7 Å². The molecular formula is C25H27F6NO3. The molecule has 1 heterocycles. The highest BCUT2D eigenvalue weighted by Gasteiger charge is 2.42. The van der Waals surface area contributed by atoms with Crippen molar-refractivity contribution in [2.24, 2.45) is 11.8 Å². The van der Waals surface area contributed by atoms with Gasteiger partial charge in [0.05, 0.1) is 17.9 Å². The van der Waals surface area contributed by atoms with E-state index in [1.807, 2.05) is 0 Å². The fraction of sp³-hybridized carbons (Fsp3) is 0.560. The minimum absolute atomic E-state index is 0.0210. The summed E-state index contributed by atoms with van der Waals surface area (Å²) in [6.45, 7) is 1.71. The monoisotopic (exact) mass is 503 g/mol. The Balaban J connectivity index is 1.51. The molecule has 0 bridgehead atoms. The first-order chi connectivity index (χ1) is 16.4. The molecule has 0 aromatic heterocycles. The van der Waals surface area contributed by atoms with Crippen LogP contribution >= 0.6 is 0 Å². The first kappa shape index (κ1) is 25.6. The lowest BCUT2D eigenvalue weighted by atomic mass is 9.87. The molecule has 0 atom stereocenters. The van der Waals surface area contributed by atoms with E-state index in [1.54, 1.807) is 18.2 Å². The van der Waals surface area contributed by atoms with Gasteiger partial charge in [0.1, 0.15) is 11.3 Å². The summed E-state index contributed by atoms with van der Waals surface area (Å²) in [7, 11) is 0. The summed E-state index contributed by atoms with van der Waals surface area (Å²) in [5, 5.41) is 9.50. The zero-order chi connectivity index (χ0) is 25.4. The summed E-state index contributed by atoms with van der Waals surface area (Å²) < 4.78 is 86.5. The molecule has 2 aromatic carbocycles. The Morgan fingerprint density at radius 2 is 1.60 bits per heavy atom. The number of carboxylic acid groups (broad SMARTS) is 1. The third-order valence-corrected chi connectivity index (χ3v) is 7.10. The van der Waals surface area contributed by atoms with Gasteiger partial charge in [-0.15, -0.1) is 0 Å². The van der Waals surface area contributed by atoms with Gasteiger partial charge in [0.15, 0.2) is 0 Å². The lowest BCUT2D eigenvalue weighted by Crippen LogP contribution is -2.35. The number of aliphatic carboxylic acids is 1. The molecule has 1 aliphatic carbocycles. The molecule has 10 heteroatoms. The van der Waals surface area contributed by atoms with Crippen LogP contribution in [0.4, 0.5) is 26.3 Å². The summed E-state index contributed by atoms with van der Waals surface area (Å²) in [5.74, 6) is -2.96. The largest absolute Gasteiger partial charge is 0.490 e. The van der Waals surface area contributed by atoms with Crippen LogP contribution in [0, 0.1) is 11.8 Å². The third-order valence-electron chi connectivity index (χ3n) is 7.10. The van der Waals surface area contributed by atoms with E-state index in [0.29, 0.717) is 37.9 Å². The lowest BCUT2D eigenvalue weighted by molar-refractivity contribution is -0.185. The molecule has 1 saturated carbocycles. The fourth-order valence-electron chi connectivity index (χ4n) is 5.13. The maximum Gasteiger partial charge on any atom is 0.420 e. The zero-order valence-corrected chi connectivity index (χ0v) is 19.0. The van der Waals surface area contributed by atoms with Gasteiger partial charge in [-0.25, -0.2) is 0 Å². The quantitative estimate of drug-likeness (QED) is 0.464. The van der Waals surface area contributed by atoms with Crippen LogP contribution in [0.25, 0.3) is 10.8 Å².